The summed E-state index contributed by atoms with van der Waals surface area (Å²) >= 11 is 6.29. The van der Waals surface area contributed by atoms with Crippen molar-refractivity contribution in [1.82, 2.24) is 4.90 Å². The van der Waals surface area contributed by atoms with Crippen LogP contribution >= 0.6 is 11.6 Å². The third kappa shape index (κ3) is 4.92. The van der Waals surface area contributed by atoms with E-state index in [4.69, 9.17) is 25.8 Å². The van der Waals surface area contributed by atoms with E-state index in [2.05, 4.69) is 4.90 Å². The molecule has 0 atom stereocenters. The van der Waals surface area contributed by atoms with Crippen LogP contribution in [0.4, 0.5) is 0 Å². The normalized spacial score (nSPS) is 18.2. The number of halogens is 1. The Hall–Kier alpha value is -3.09. The zero-order valence-corrected chi connectivity index (χ0v) is 22.1. The van der Waals surface area contributed by atoms with Crippen molar-refractivity contribution in [2.24, 2.45) is 0 Å². The standard InChI is InChI=1S/C30H32ClNO5/c1-35-16-15-32-22-9-5-11-24(33)29(22)28(30-23(32)10-6-12-25(30)34)19-13-14-26(27(17-19)36-2)37-18-20-7-3-4-8-21(20)31/h3-4,7-8,13-14,17,28H,5-6,9-12,15-16,18H2,1-2H3. The zero-order valence-electron chi connectivity index (χ0n) is 21.3. The van der Waals surface area contributed by atoms with E-state index in [1.807, 2.05) is 42.5 Å². The molecule has 3 aliphatic rings. The van der Waals surface area contributed by atoms with E-state index in [1.165, 1.54) is 0 Å². The fourth-order valence-electron chi connectivity index (χ4n) is 5.76. The topological polar surface area (TPSA) is 65.1 Å². The Bertz CT molecular complexity index is 1240. The molecule has 0 bridgehead atoms. The minimum absolute atomic E-state index is 0.122. The molecular weight excluding hydrogens is 490 g/mol. The number of ether oxygens (including phenoxy) is 3. The number of carbonyl (C=O) groups excluding carboxylic acids is 2. The van der Waals surface area contributed by atoms with E-state index < -0.39 is 5.92 Å². The van der Waals surface area contributed by atoms with Gasteiger partial charge in [-0.05, 0) is 49.4 Å². The Kier molecular flexibility index (Phi) is 7.68. The molecule has 0 amide bonds. The molecule has 0 spiro atoms. The van der Waals surface area contributed by atoms with Crippen molar-refractivity contribution in [2.75, 3.05) is 27.4 Å². The number of Topliss-reactive ketones (excluding diaryl/α,β-unsaturated/α-hetero) is 2. The number of nitrogens with zero attached hydrogens (tertiary/aromatic N) is 1. The molecule has 2 aliphatic carbocycles. The molecule has 37 heavy (non-hydrogen) atoms. The van der Waals surface area contributed by atoms with Gasteiger partial charge in [0.1, 0.15) is 6.61 Å². The fraction of sp³-hybridized carbons (Fsp3) is 0.400. The van der Waals surface area contributed by atoms with Crippen LogP contribution in [0.25, 0.3) is 0 Å². The summed E-state index contributed by atoms with van der Waals surface area (Å²) in [6.07, 6.45) is 4.29. The first kappa shape index (κ1) is 25.6. The average Bonchev–Trinajstić information content (AvgIpc) is 2.91. The maximum atomic E-state index is 13.4. The largest absolute Gasteiger partial charge is 0.493 e. The lowest BCUT2D eigenvalue weighted by Gasteiger charge is -2.44. The van der Waals surface area contributed by atoms with E-state index in [1.54, 1.807) is 14.2 Å². The molecule has 1 heterocycles. The highest BCUT2D eigenvalue weighted by Gasteiger charge is 2.43. The Labute approximate surface area is 222 Å². The van der Waals surface area contributed by atoms with E-state index >= 15 is 0 Å². The second kappa shape index (κ2) is 11.1. The van der Waals surface area contributed by atoms with E-state index in [9.17, 15) is 9.59 Å². The number of hydrogen-bond donors (Lipinski definition) is 0. The summed E-state index contributed by atoms with van der Waals surface area (Å²) in [5, 5.41) is 0.642. The number of rotatable bonds is 8. The summed E-state index contributed by atoms with van der Waals surface area (Å²) in [5.74, 6) is 0.989. The number of ketones is 2. The lowest BCUT2D eigenvalue weighted by Crippen LogP contribution is -2.40. The molecule has 0 radical (unpaired) electrons. The van der Waals surface area contributed by atoms with Gasteiger partial charge in [-0.2, -0.15) is 0 Å². The maximum absolute atomic E-state index is 13.4. The Morgan fingerprint density at radius 2 is 1.57 bits per heavy atom. The average molecular weight is 522 g/mol. The first-order valence-electron chi connectivity index (χ1n) is 12.9. The van der Waals surface area contributed by atoms with Gasteiger partial charge in [0.25, 0.3) is 0 Å². The number of hydrogen-bond acceptors (Lipinski definition) is 6. The van der Waals surface area contributed by atoms with Crippen molar-refractivity contribution in [3.8, 4) is 11.5 Å². The van der Waals surface area contributed by atoms with Gasteiger partial charge in [-0.15, -0.1) is 0 Å². The smallest absolute Gasteiger partial charge is 0.161 e. The highest BCUT2D eigenvalue weighted by atomic mass is 35.5. The predicted octanol–water partition coefficient (Wildman–Crippen LogP) is 5.99. The number of benzene rings is 2. The molecule has 1 aliphatic heterocycles. The van der Waals surface area contributed by atoms with Crippen LogP contribution in [0.3, 0.4) is 0 Å². The zero-order chi connectivity index (χ0) is 25.9. The summed E-state index contributed by atoms with van der Waals surface area (Å²) in [6.45, 7) is 1.47. The van der Waals surface area contributed by atoms with Gasteiger partial charge in [0.05, 0.1) is 13.7 Å². The summed E-state index contributed by atoms with van der Waals surface area (Å²) in [6, 6.07) is 13.3. The van der Waals surface area contributed by atoms with Crippen molar-refractivity contribution in [3.63, 3.8) is 0 Å². The minimum Gasteiger partial charge on any atom is -0.493 e. The molecule has 5 rings (SSSR count). The molecule has 6 nitrogen and oxygen atoms in total. The lowest BCUT2D eigenvalue weighted by molar-refractivity contribution is -0.117. The van der Waals surface area contributed by atoms with Gasteiger partial charge in [0.15, 0.2) is 23.1 Å². The SMILES string of the molecule is COCCN1C2=C(C(=O)CCC2)C(c2ccc(OCc3ccccc3Cl)c(OC)c2)C2=C1CCCC2=O. The highest BCUT2D eigenvalue weighted by Crippen LogP contribution is 2.50. The summed E-state index contributed by atoms with van der Waals surface area (Å²) < 4.78 is 17.2. The number of allylic oxidation sites excluding steroid dienone is 4. The van der Waals surface area contributed by atoms with Crippen molar-refractivity contribution in [1.29, 1.82) is 0 Å². The number of carbonyl (C=O) groups is 2. The first-order chi connectivity index (χ1) is 18.0. The van der Waals surface area contributed by atoms with Gasteiger partial charge in [-0.3, -0.25) is 9.59 Å². The summed E-state index contributed by atoms with van der Waals surface area (Å²) in [7, 11) is 3.28. The minimum atomic E-state index is -0.393. The lowest BCUT2D eigenvalue weighted by atomic mass is 9.71. The number of methoxy groups -OCH3 is 2. The van der Waals surface area contributed by atoms with Gasteiger partial charge in [-0.1, -0.05) is 35.9 Å². The van der Waals surface area contributed by atoms with Gasteiger partial charge in [0, 0.05) is 65.5 Å². The van der Waals surface area contributed by atoms with Gasteiger partial charge >= 0.3 is 0 Å². The van der Waals surface area contributed by atoms with Crippen LogP contribution in [0.15, 0.2) is 65.0 Å². The van der Waals surface area contributed by atoms with Crippen molar-refractivity contribution in [3.05, 3.63) is 81.2 Å². The predicted molar refractivity (Wildman–Crippen MR) is 142 cm³/mol. The molecule has 194 valence electrons. The Morgan fingerprint density at radius 1 is 0.892 bits per heavy atom. The van der Waals surface area contributed by atoms with Crippen LogP contribution in [0.2, 0.25) is 5.02 Å². The van der Waals surface area contributed by atoms with Crippen molar-refractivity contribution >= 4 is 23.2 Å². The molecule has 0 unspecified atom stereocenters. The van der Waals surface area contributed by atoms with Crippen LogP contribution in [-0.2, 0) is 20.9 Å². The second-order valence-corrected chi connectivity index (χ2v) is 10.0. The molecule has 0 N–H and O–H groups in total. The van der Waals surface area contributed by atoms with Crippen LogP contribution < -0.4 is 9.47 Å². The molecule has 2 aromatic rings. The Morgan fingerprint density at radius 3 is 2.19 bits per heavy atom. The molecule has 0 saturated heterocycles. The van der Waals surface area contributed by atoms with Crippen LogP contribution in [-0.4, -0.2) is 43.8 Å². The molecule has 7 heteroatoms. The summed E-state index contributed by atoms with van der Waals surface area (Å²) in [5.41, 5.74) is 5.35. The molecule has 0 saturated carbocycles. The Balaban J connectivity index is 1.56. The van der Waals surface area contributed by atoms with Gasteiger partial charge in [-0.25, -0.2) is 0 Å². The quantitative estimate of drug-likeness (QED) is 0.425. The monoisotopic (exact) mass is 521 g/mol. The van der Waals surface area contributed by atoms with E-state index in [0.29, 0.717) is 49.1 Å². The molecule has 0 fully saturated rings. The van der Waals surface area contributed by atoms with E-state index in [0.717, 1.165) is 59.4 Å². The molecule has 2 aromatic carbocycles. The van der Waals surface area contributed by atoms with E-state index in [-0.39, 0.29) is 11.6 Å². The van der Waals surface area contributed by atoms with Gasteiger partial charge in [0.2, 0.25) is 0 Å². The fourth-order valence-corrected chi connectivity index (χ4v) is 5.95. The molecule has 0 aromatic heterocycles. The first-order valence-corrected chi connectivity index (χ1v) is 13.2. The maximum Gasteiger partial charge on any atom is 0.161 e. The second-order valence-electron chi connectivity index (χ2n) is 9.64. The van der Waals surface area contributed by atoms with Gasteiger partial charge < -0.3 is 19.1 Å². The molecular formula is C30H32ClNO5. The van der Waals surface area contributed by atoms with Crippen LogP contribution in [0.1, 0.15) is 55.6 Å². The van der Waals surface area contributed by atoms with Crippen LogP contribution in [0, 0.1) is 0 Å². The van der Waals surface area contributed by atoms with Crippen molar-refractivity contribution < 1.29 is 23.8 Å². The summed E-state index contributed by atoms with van der Waals surface area (Å²) in [4.78, 5) is 29.0. The third-order valence-corrected chi connectivity index (χ3v) is 7.84. The third-order valence-electron chi connectivity index (χ3n) is 7.47. The highest BCUT2D eigenvalue weighted by molar-refractivity contribution is 6.31. The van der Waals surface area contributed by atoms with Crippen LogP contribution in [0.5, 0.6) is 11.5 Å². The van der Waals surface area contributed by atoms with Crippen molar-refractivity contribution in [2.45, 2.75) is 51.0 Å².